The molecule has 1 unspecified atom stereocenters. The van der Waals surface area contributed by atoms with E-state index >= 15 is 0 Å². The first-order valence-electron chi connectivity index (χ1n) is 5.92. The predicted octanol–water partition coefficient (Wildman–Crippen LogP) is 3.60. The molecule has 0 heterocycles. The maximum absolute atomic E-state index is 5.64. The molecule has 2 rings (SSSR count). The number of rotatable bonds is 3. The summed E-state index contributed by atoms with van der Waals surface area (Å²) >= 11 is 0. The summed E-state index contributed by atoms with van der Waals surface area (Å²) in [5, 5.41) is 2.74. The molecule has 0 aliphatic rings. The summed E-state index contributed by atoms with van der Waals surface area (Å²) in [6.45, 7) is 5.17. The van der Waals surface area contributed by atoms with Crippen molar-refractivity contribution in [2.24, 2.45) is 5.73 Å². The van der Waals surface area contributed by atoms with Crippen molar-refractivity contribution in [3.8, 4) is 0 Å². The van der Waals surface area contributed by atoms with Gasteiger partial charge in [0, 0.05) is 0 Å². The second-order valence-corrected chi connectivity index (χ2v) is 4.50. The average molecular weight is 213 g/mol. The van der Waals surface area contributed by atoms with Gasteiger partial charge in [0.05, 0.1) is 0 Å². The van der Waals surface area contributed by atoms with Crippen LogP contribution >= 0.6 is 0 Å². The van der Waals surface area contributed by atoms with Crippen LogP contribution in [0.4, 0.5) is 0 Å². The van der Waals surface area contributed by atoms with Gasteiger partial charge in [0.25, 0.3) is 0 Å². The van der Waals surface area contributed by atoms with E-state index in [1.54, 1.807) is 0 Å². The highest BCUT2D eigenvalue weighted by atomic mass is 14.5. The normalized spacial score (nSPS) is 12.9. The van der Waals surface area contributed by atoms with Crippen LogP contribution in [0.1, 0.15) is 30.4 Å². The predicted molar refractivity (Wildman–Crippen MR) is 70.8 cm³/mol. The van der Waals surface area contributed by atoms with Gasteiger partial charge < -0.3 is 5.73 Å². The molecule has 0 bridgehead atoms. The Kier molecular flexibility index (Phi) is 3.25. The molecule has 0 spiro atoms. The number of hydrogen-bond donors (Lipinski definition) is 1. The summed E-state index contributed by atoms with van der Waals surface area (Å²) in [7, 11) is 0. The minimum absolute atomic E-state index is 0.537. The second kappa shape index (κ2) is 4.67. The Balaban J connectivity index is 2.58. The molecule has 0 saturated carbocycles. The first kappa shape index (κ1) is 11.2. The molecule has 16 heavy (non-hydrogen) atoms. The molecule has 1 heteroatoms. The van der Waals surface area contributed by atoms with Gasteiger partial charge in [-0.3, -0.25) is 0 Å². The number of benzene rings is 2. The fourth-order valence-electron chi connectivity index (χ4n) is 2.31. The number of fused-ring (bicyclic) bond motifs is 1. The second-order valence-electron chi connectivity index (χ2n) is 4.50. The molecule has 0 radical (unpaired) electrons. The standard InChI is InChI=1S/C15H19N/c1-11-7-8-14(12(2)9-10-16)15-6-4-3-5-13(11)15/h3-8,12H,9-10,16H2,1-2H3. The molecular formula is C15H19N. The molecule has 0 aliphatic heterocycles. The topological polar surface area (TPSA) is 26.0 Å². The van der Waals surface area contributed by atoms with Crippen LogP contribution in [0.25, 0.3) is 10.8 Å². The quantitative estimate of drug-likeness (QED) is 0.828. The van der Waals surface area contributed by atoms with Gasteiger partial charge in [0.2, 0.25) is 0 Å². The first-order valence-corrected chi connectivity index (χ1v) is 5.92. The monoisotopic (exact) mass is 213 g/mol. The fraction of sp³-hybridized carbons (Fsp3) is 0.333. The van der Waals surface area contributed by atoms with Crippen molar-refractivity contribution in [3.05, 3.63) is 47.5 Å². The van der Waals surface area contributed by atoms with Crippen molar-refractivity contribution in [3.63, 3.8) is 0 Å². The van der Waals surface area contributed by atoms with E-state index in [1.165, 1.54) is 21.9 Å². The van der Waals surface area contributed by atoms with Crippen LogP contribution in [0.2, 0.25) is 0 Å². The maximum atomic E-state index is 5.64. The number of aryl methyl sites for hydroxylation is 1. The Morgan fingerprint density at radius 1 is 1.06 bits per heavy atom. The molecule has 0 saturated heterocycles. The van der Waals surface area contributed by atoms with Crippen molar-refractivity contribution in [2.45, 2.75) is 26.2 Å². The van der Waals surface area contributed by atoms with Crippen LogP contribution in [0.15, 0.2) is 36.4 Å². The summed E-state index contributed by atoms with van der Waals surface area (Å²) in [6, 6.07) is 13.1. The third kappa shape index (κ3) is 1.96. The zero-order valence-corrected chi connectivity index (χ0v) is 10.0. The Morgan fingerprint density at radius 3 is 2.44 bits per heavy atom. The van der Waals surface area contributed by atoms with E-state index in [-0.39, 0.29) is 0 Å². The van der Waals surface area contributed by atoms with Crippen molar-refractivity contribution in [1.82, 2.24) is 0 Å². The number of hydrogen-bond acceptors (Lipinski definition) is 1. The Morgan fingerprint density at radius 2 is 1.75 bits per heavy atom. The summed E-state index contributed by atoms with van der Waals surface area (Å²) in [5.41, 5.74) is 8.41. The van der Waals surface area contributed by atoms with Gasteiger partial charge in [-0.2, -0.15) is 0 Å². The lowest BCUT2D eigenvalue weighted by atomic mass is 9.91. The molecule has 0 aliphatic carbocycles. The largest absolute Gasteiger partial charge is 0.330 e. The maximum Gasteiger partial charge on any atom is -0.00715 e. The Bertz CT molecular complexity index is 488. The SMILES string of the molecule is Cc1ccc(C(C)CCN)c2ccccc12. The molecule has 1 nitrogen and oxygen atoms in total. The zero-order valence-electron chi connectivity index (χ0n) is 10.0. The van der Waals surface area contributed by atoms with Crippen LogP contribution in [0, 0.1) is 6.92 Å². The van der Waals surface area contributed by atoms with E-state index in [0.717, 1.165) is 13.0 Å². The number of nitrogens with two attached hydrogens (primary N) is 1. The van der Waals surface area contributed by atoms with Crippen LogP contribution in [-0.2, 0) is 0 Å². The highest BCUT2D eigenvalue weighted by molar-refractivity contribution is 5.88. The van der Waals surface area contributed by atoms with Crippen LogP contribution < -0.4 is 5.73 Å². The van der Waals surface area contributed by atoms with Gasteiger partial charge in [0.15, 0.2) is 0 Å². The minimum Gasteiger partial charge on any atom is -0.330 e. The Hall–Kier alpha value is -1.34. The van der Waals surface area contributed by atoms with E-state index in [9.17, 15) is 0 Å². The average Bonchev–Trinajstić information content (AvgIpc) is 2.30. The summed E-state index contributed by atoms with van der Waals surface area (Å²) in [4.78, 5) is 0. The zero-order chi connectivity index (χ0) is 11.5. The highest BCUT2D eigenvalue weighted by Gasteiger charge is 2.09. The third-order valence-corrected chi connectivity index (χ3v) is 3.31. The van der Waals surface area contributed by atoms with Crippen LogP contribution in [0.3, 0.4) is 0 Å². The van der Waals surface area contributed by atoms with Gasteiger partial charge in [-0.05, 0) is 47.7 Å². The Labute approximate surface area is 97.3 Å². The summed E-state index contributed by atoms with van der Waals surface area (Å²) in [5.74, 6) is 0.537. The van der Waals surface area contributed by atoms with Crippen LogP contribution in [-0.4, -0.2) is 6.54 Å². The smallest absolute Gasteiger partial charge is 0.00715 e. The third-order valence-electron chi connectivity index (χ3n) is 3.31. The van der Waals surface area contributed by atoms with Crippen LogP contribution in [0.5, 0.6) is 0 Å². The molecule has 0 aromatic heterocycles. The van der Waals surface area contributed by atoms with E-state index in [1.807, 2.05) is 0 Å². The fourth-order valence-corrected chi connectivity index (χ4v) is 2.31. The first-order chi connectivity index (χ1) is 7.74. The molecular weight excluding hydrogens is 194 g/mol. The summed E-state index contributed by atoms with van der Waals surface area (Å²) < 4.78 is 0. The van der Waals surface area contributed by atoms with Crippen molar-refractivity contribution >= 4 is 10.8 Å². The molecule has 2 N–H and O–H groups in total. The molecule has 2 aromatic carbocycles. The lowest BCUT2D eigenvalue weighted by Crippen LogP contribution is -2.05. The van der Waals surface area contributed by atoms with E-state index in [0.29, 0.717) is 5.92 Å². The summed E-state index contributed by atoms with van der Waals surface area (Å²) in [6.07, 6.45) is 1.05. The van der Waals surface area contributed by atoms with Gasteiger partial charge in [0.1, 0.15) is 0 Å². The molecule has 84 valence electrons. The molecule has 2 aromatic rings. The van der Waals surface area contributed by atoms with Gasteiger partial charge in [-0.25, -0.2) is 0 Å². The minimum atomic E-state index is 0.537. The highest BCUT2D eigenvalue weighted by Crippen LogP contribution is 2.29. The van der Waals surface area contributed by atoms with E-state index in [2.05, 4.69) is 50.2 Å². The van der Waals surface area contributed by atoms with E-state index in [4.69, 9.17) is 5.73 Å². The van der Waals surface area contributed by atoms with Gasteiger partial charge >= 0.3 is 0 Å². The molecule has 1 atom stereocenters. The molecule has 0 fully saturated rings. The molecule has 0 amide bonds. The van der Waals surface area contributed by atoms with Crippen molar-refractivity contribution in [2.75, 3.05) is 6.54 Å². The lowest BCUT2D eigenvalue weighted by molar-refractivity contribution is 0.695. The lowest BCUT2D eigenvalue weighted by Gasteiger charge is -2.15. The van der Waals surface area contributed by atoms with Gasteiger partial charge in [-0.1, -0.05) is 43.3 Å². The van der Waals surface area contributed by atoms with Crippen molar-refractivity contribution in [1.29, 1.82) is 0 Å². The van der Waals surface area contributed by atoms with Crippen molar-refractivity contribution < 1.29 is 0 Å². The van der Waals surface area contributed by atoms with Gasteiger partial charge in [-0.15, -0.1) is 0 Å². The van der Waals surface area contributed by atoms with E-state index < -0.39 is 0 Å².